The van der Waals surface area contributed by atoms with E-state index in [1.54, 1.807) is 4.90 Å². The summed E-state index contributed by atoms with van der Waals surface area (Å²) in [5.41, 5.74) is 1.59. The minimum Gasteiger partial charge on any atom is -0.450 e. The summed E-state index contributed by atoms with van der Waals surface area (Å²) in [6.07, 6.45) is 3.99. The highest BCUT2D eigenvalue weighted by Crippen LogP contribution is 2.48. The molecule has 1 aromatic rings. The summed E-state index contributed by atoms with van der Waals surface area (Å²) in [5.74, 6) is 0.839. The van der Waals surface area contributed by atoms with Crippen LogP contribution >= 0.6 is 15.9 Å². The van der Waals surface area contributed by atoms with E-state index in [4.69, 9.17) is 4.74 Å². The normalized spacial score (nSPS) is 19.5. The number of hydrogen-bond donors (Lipinski definition) is 2. The Kier molecular flexibility index (Phi) is 6.63. The molecule has 1 aliphatic heterocycles. The summed E-state index contributed by atoms with van der Waals surface area (Å²) in [7, 11) is 1.81. The molecule has 0 unspecified atom stereocenters. The lowest BCUT2D eigenvalue weighted by Gasteiger charge is -2.32. The Balaban J connectivity index is 1.47. The van der Waals surface area contributed by atoms with E-state index in [9.17, 15) is 4.79 Å². The Morgan fingerprint density at radius 2 is 2.11 bits per heavy atom. The Labute approximate surface area is 169 Å². The molecule has 0 spiro atoms. The summed E-state index contributed by atoms with van der Waals surface area (Å²) in [6.45, 7) is 4.58. The molecular weight excluding hydrogens is 408 g/mol. The van der Waals surface area contributed by atoms with E-state index >= 15 is 0 Å². The van der Waals surface area contributed by atoms with Crippen LogP contribution in [0, 0.1) is 0 Å². The lowest BCUT2D eigenvalue weighted by Crippen LogP contribution is -2.50. The maximum Gasteiger partial charge on any atom is 0.409 e. The fourth-order valence-corrected chi connectivity index (χ4v) is 4.00. The van der Waals surface area contributed by atoms with Gasteiger partial charge in [-0.15, -0.1) is 0 Å². The van der Waals surface area contributed by atoms with Gasteiger partial charge >= 0.3 is 6.09 Å². The third-order valence-corrected chi connectivity index (χ3v) is 5.96. The van der Waals surface area contributed by atoms with Gasteiger partial charge in [-0.1, -0.05) is 28.1 Å². The molecule has 1 saturated carbocycles. The number of aliphatic imine (C=N–C) groups is 1. The average Bonchev–Trinajstić information content (AvgIpc) is 3.47. The highest BCUT2D eigenvalue weighted by atomic mass is 79.9. The van der Waals surface area contributed by atoms with Crippen LogP contribution in [0.15, 0.2) is 33.7 Å². The number of likely N-dealkylation sites (tertiary alicyclic amines) is 1. The third-order valence-electron chi connectivity index (χ3n) is 5.47. The summed E-state index contributed by atoms with van der Waals surface area (Å²) in [5, 5.41) is 7.02. The van der Waals surface area contributed by atoms with Crippen LogP contribution in [0.3, 0.4) is 0 Å². The summed E-state index contributed by atoms with van der Waals surface area (Å²) in [4.78, 5) is 18.0. The zero-order valence-corrected chi connectivity index (χ0v) is 17.7. The van der Waals surface area contributed by atoms with Crippen LogP contribution in [0.2, 0.25) is 0 Å². The first-order chi connectivity index (χ1) is 13.1. The molecule has 1 heterocycles. The Bertz CT molecular complexity index is 682. The number of ether oxygens (including phenoxy) is 1. The minimum absolute atomic E-state index is 0.205. The topological polar surface area (TPSA) is 66.0 Å². The van der Waals surface area contributed by atoms with Crippen molar-refractivity contribution in [2.75, 3.05) is 33.3 Å². The monoisotopic (exact) mass is 436 g/mol. The highest BCUT2D eigenvalue weighted by molar-refractivity contribution is 9.10. The van der Waals surface area contributed by atoms with E-state index in [2.05, 4.69) is 55.8 Å². The maximum atomic E-state index is 11.8. The number of guanidine groups is 1. The molecule has 148 valence electrons. The van der Waals surface area contributed by atoms with Gasteiger partial charge in [0.1, 0.15) is 0 Å². The molecule has 0 aromatic heterocycles. The van der Waals surface area contributed by atoms with Crippen molar-refractivity contribution < 1.29 is 9.53 Å². The lowest BCUT2D eigenvalue weighted by molar-refractivity contribution is 0.0963. The van der Waals surface area contributed by atoms with Crippen LogP contribution in [0.25, 0.3) is 0 Å². The van der Waals surface area contributed by atoms with Gasteiger partial charge in [-0.25, -0.2) is 4.79 Å². The fraction of sp³-hybridized carbons (Fsp3) is 0.600. The number of nitrogens with one attached hydrogen (secondary N) is 2. The number of halogens is 1. The van der Waals surface area contributed by atoms with Gasteiger partial charge in [0.25, 0.3) is 0 Å². The summed E-state index contributed by atoms with van der Waals surface area (Å²) in [6, 6.07) is 8.92. The van der Waals surface area contributed by atoms with Crippen molar-refractivity contribution in [3.05, 3.63) is 34.3 Å². The number of nitrogens with zero attached hydrogens (tertiary/aromatic N) is 2. The number of hydrogen-bond acceptors (Lipinski definition) is 3. The molecule has 0 atom stereocenters. The molecule has 1 aliphatic carbocycles. The zero-order valence-electron chi connectivity index (χ0n) is 16.1. The van der Waals surface area contributed by atoms with Crippen molar-refractivity contribution in [3.8, 4) is 0 Å². The number of carbonyl (C=O) groups is 1. The number of amides is 1. The fourth-order valence-electron chi connectivity index (χ4n) is 3.60. The molecule has 6 nitrogen and oxygen atoms in total. The zero-order chi connectivity index (χ0) is 19.3. The SMILES string of the molecule is CCOC(=O)N1CCC(NC(=NC)NCC2(c3cccc(Br)c3)CC2)CC1. The predicted molar refractivity (Wildman–Crippen MR) is 111 cm³/mol. The Morgan fingerprint density at radius 1 is 1.37 bits per heavy atom. The van der Waals surface area contributed by atoms with E-state index in [1.165, 1.54) is 18.4 Å². The second-order valence-corrected chi connectivity index (χ2v) is 8.24. The van der Waals surface area contributed by atoms with Gasteiger partial charge in [0, 0.05) is 42.6 Å². The van der Waals surface area contributed by atoms with E-state index in [1.807, 2.05) is 14.0 Å². The molecule has 0 radical (unpaired) electrons. The van der Waals surface area contributed by atoms with E-state index in [-0.39, 0.29) is 11.5 Å². The molecule has 1 amide bonds. The second kappa shape index (κ2) is 8.95. The first kappa shape index (κ1) is 20.0. The van der Waals surface area contributed by atoms with Gasteiger partial charge in [0.05, 0.1) is 6.61 Å². The van der Waals surface area contributed by atoms with Gasteiger partial charge in [-0.3, -0.25) is 4.99 Å². The van der Waals surface area contributed by atoms with Crippen molar-refractivity contribution >= 4 is 28.0 Å². The number of carbonyl (C=O) groups excluding carboxylic acids is 1. The highest BCUT2D eigenvalue weighted by Gasteiger charge is 2.44. The standard InChI is InChI=1S/C20H29BrN4O2/c1-3-27-19(26)25-11-7-17(8-12-25)24-18(22-2)23-14-20(9-10-20)15-5-4-6-16(21)13-15/h4-6,13,17H,3,7-12,14H2,1-2H3,(H2,22,23,24). The van der Waals surface area contributed by atoms with Crippen LogP contribution < -0.4 is 10.6 Å². The smallest absolute Gasteiger partial charge is 0.409 e. The minimum atomic E-state index is -0.205. The number of benzene rings is 1. The summed E-state index contributed by atoms with van der Waals surface area (Å²) >= 11 is 3.57. The van der Waals surface area contributed by atoms with Gasteiger partial charge < -0.3 is 20.3 Å². The van der Waals surface area contributed by atoms with Gasteiger partial charge in [-0.2, -0.15) is 0 Å². The molecule has 1 aromatic carbocycles. The molecule has 27 heavy (non-hydrogen) atoms. The Morgan fingerprint density at radius 3 is 2.70 bits per heavy atom. The van der Waals surface area contributed by atoms with Crippen LogP contribution in [0.1, 0.15) is 38.2 Å². The van der Waals surface area contributed by atoms with E-state index < -0.39 is 0 Å². The molecule has 0 bridgehead atoms. The van der Waals surface area contributed by atoms with Gasteiger partial charge in [-0.05, 0) is 50.3 Å². The molecule has 3 rings (SSSR count). The van der Waals surface area contributed by atoms with Crippen molar-refractivity contribution in [2.45, 2.75) is 44.1 Å². The molecule has 1 saturated heterocycles. The maximum absolute atomic E-state index is 11.8. The predicted octanol–water partition coefficient (Wildman–Crippen LogP) is 3.27. The largest absolute Gasteiger partial charge is 0.450 e. The van der Waals surface area contributed by atoms with E-state index in [0.29, 0.717) is 12.6 Å². The van der Waals surface area contributed by atoms with Crippen molar-refractivity contribution in [1.29, 1.82) is 0 Å². The van der Waals surface area contributed by atoms with Crippen molar-refractivity contribution in [1.82, 2.24) is 15.5 Å². The van der Waals surface area contributed by atoms with Crippen molar-refractivity contribution in [3.63, 3.8) is 0 Å². The molecule has 2 N–H and O–H groups in total. The number of piperidine rings is 1. The van der Waals surface area contributed by atoms with E-state index in [0.717, 1.165) is 42.9 Å². The van der Waals surface area contributed by atoms with Crippen molar-refractivity contribution in [2.24, 2.45) is 4.99 Å². The average molecular weight is 437 g/mol. The quantitative estimate of drug-likeness (QED) is 0.548. The number of rotatable bonds is 5. The molecule has 2 fully saturated rings. The molecule has 7 heteroatoms. The van der Waals surface area contributed by atoms with Crippen LogP contribution in [0.5, 0.6) is 0 Å². The van der Waals surface area contributed by atoms with Crippen LogP contribution in [-0.2, 0) is 10.2 Å². The third kappa shape index (κ3) is 5.15. The Hall–Kier alpha value is -1.76. The first-order valence-corrected chi connectivity index (χ1v) is 10.5. The van der Waals surface area contributed by atoms with Gasteiger partial charge in [0.2, 0.25) is 0 Å². The summed E-state index contributed by atoms with van der Waals surface area (Å²) < 4.78 is 6.21. The van der Waals surface area contributed by atoms with Gasteiger partial charge in [0.15, 0.2) is 5.96 Å². The van der Waals surface area contributed by atoms with Crippen LogP contribution in [0.4, 0.5) is 4.79 Å². The van der Waals surface area contributed by atoms with Crippen LogP contribution in [-0.4, -0.2) is 56.3 Å². The first-order valence-electron chi connectivity index (χ1n) is 9.71. The molecular formula is C20H29BrN4O2. The second-order valence-electron chi connectivity index (χ2n) is 7.32. The molecule has 2 aliphatic rings. The lowest BCUT2D eigenvalue weighted by atomic mass is 9.96.